The van der Waals surface area contributed by atoms with Crippen LogP contribution in [-0.2, 0) is 0 Å². The Kier molecular flexibility index (Phi) is 3.61. The molecule has 1 aromatic rings. The number of anilines is 1. The van der Waals surface area contributed by atoms with E-state index in [0.717, 1.165) is 19.3 Å². The summed E-state index contributed by atoms with van der Waals surface area (Å²) in [5, 5.41) is 14.0. The van der Waals surface area contributed by atoms with E-state index in [2.05, 4.69) is 10.3 Å². The van der Waals surface area contributed by atoms with Crippen molar-refractivity contribution in [1.82, 2.24) is 4.98 Å². The number of hydrogen-bond acceptors (Lipinski definition) is 6. The molecule has 0 radical (unpaired) electrons. The van der Waals surface area contributed by atoms with Gasteiger partial charge in [0.15, 0.2) is 0 Å². The number of ether oxygens (including phenoxy) is 1. The van der Waals surface area contributed by atoms with Crippen LogP contribution < -0.4 is 15.8 Å². The first-order chi connectivity index (χ1) is 8.61. The number of nitrogens with one attached hydrogen (secondary N) is 1. The Morgan fingerprint density at radius 1 is 1.56 bits per heavy atom. The van der Waals surface area contributed by atoms with Crippen molar-refractivity contribution in [2.75, 3.05) is 12.4 Å². The van der Waals surface area contributed by atoms with Crippen molar-refractivity contribution in [3.05, 3.63) is 22.2 Å². The standard InChI is InChI=1S/C11H16N4O3/c1-18-10-6-5-9(15(16)17)11(14-10)13-8-4-2-3-7(8)12/h5-8H,2-4,12H2,1H3,(H,13,14). The minimum Gasteiger partial charge on any atom is -0.481 e. The molecule has 7 nitrogen and oxygen atoms in total. The molecule has 0 aromatic carbocycles. The lowest BCUT2D eigenvalue weighted by atomic mass is 10.2. The number of nitrogens with two attached hydrogens (primary N) is 1. The fourth-order valence-corrected chi connectivity index (χ4v) is 2.14. The van der Waals surface area contributed by atoms with E-state index in [0.29, 0.717) is 5.88 Å². The van der Waals surface area contributed by atoms with Crippen molar-refractivity contribution in [3.8, 4) is 5.88 Å². The van der Waals surface area contributed by atoms with Gasteiger partial charge in [0.1, 0.15) is 0 Å². The average Bonchev–Trinajstić information content (AvgIpc) is 2.74. The predicted molar refractivity (Wildman–Crippen MR) is 66.7 cm³/mol. The number of rotatable bonds is 4. The first-order valence-corrected chi connectivity index (χ1v) is 5.83. The van der Waals surface area contributed by atoms with Crippen molar-refractivity contribution >= 4 is 11.5 Å². The number of methoxy groups -OCH3 is 1. The van der Waals surface area contributed by atoms with Crippen LogP contribution in [0.3, 0.4) is 0 Å². The van der Waals surface area contributed by atoms with E-state index < -0.39 is 4.92 Å². The highest BCUT2D eigenvalue weighted by Crippen LogP contribution is 2.28. The van der Waals surface area contributed by atoms with E-state index in [1.807, 2.05) is 0 Å². The summed E-state index contributed by atoms with van der Waals surface area (Å²) in [6, 6.07) is 2.90. The maximum Gasteiger partial charge on any atom is 0.311 e. The fraction of sp³-hybridized carbons (Fsp3) is 0.545. The summed E-state index contributed by atoms with van der Waals surface area (Å²) >= 11 is 0. The summed E-state index contributed by atoms with van der Waals surface area (Å²) in [4.78, 5) is 14.5. The lowest BCUT2D eigenvalue weighted by Crippen LogP contribution is -2.35. The maximum atomic E-state index is 10.9. The molecule has 2 atom stereocenters. The van der Waals surface area contributed by atoms with E-state index in [1.54, 1.807) is 0 Å². The molecule has 2 unspecified atom stereocenters. The molecule has 18 heavy (non-hydrogen) atoms. The van der Waals surface area contributed by atoms with Crippen molar-refractivity contribution < 1.29 is 9.66 Å². The predicted octanol–water partition coefficient (Wildman–Crippen LogP) is 1.29. The Morgan fingerprint density at radius 3 is 2.89 bits per heavy atom. The normalized spacial score (nSPS) is 22.8. The summed E-state index contributed by atoms with van der Waals surface area (Å²) in [7, 11) is 1.47. The third-order valence-electron chi connectivity index (χ3n) is 3.15. The Hall–Kier alpha value is -1.89. The van der Waals surface area contributed by atoms with E-state index in [1.165, 1.54) is 19.2 Å². The van der Waals surface area contributed by atoms with Crippen LogP contribution in [0.4, 0.5) is 11.5 Å². The third kappa shape index (κ3) is 2.51. The molecule has 1 aliphatic carbocycles. The first-order valence-electron chi connectivity index (χ1n) is 5.83. The number of pyridine rings is 1. The van der Waals surface area contributed by atoms with Gasteiger partial charge in [-0.05, 0) is 19.3 Å². The number of nitrogens with zero attached hydrogens (tertiary/aromatic N) is 2. The summed E-state index contributed by atoms with van der Waals surface area (Å²) in [5.74, 6) is 0.566. The smallest absolute Gasteiger partial charge is 0.311 e. The average molecular weight is 252 g/mol. The molecule has 98 valence electrons. The van der Waals surface area contributed by atoms with Gasteiger partial charge < -0.3 is 15.8 Å². The second-order valence-corrected chi connectivity index (χ2v) is 4.32. The van der Waals surface area contributed by atoms with E-state index >= 15 is 0 Å². The quantitative estimate of drug-likeness (QED) is 0.618. The minimum absolute atomic E-state index is 0.0117. The molecular formula is C11H16N4O3. The van der Waals surface area contributed by atoms with Crippen LogP contribution in [0.2, 0.25) is 0 Å². The van der Waals surface area contributed by atoms with Gasteiger partial charge in [-0.1, -0.05) is 0 Å². The summed E-state index contributed by atoms with van der Waals surface area (Å²) in [5.41, 5.74) is 5.87. The summed E-state index contributed by atoms with van der Waals surface area (Å²) in [6.45, 7) is 0. The summed E-state index contributed by atoms with van der Waals surface area (Å²) in [6.07, 6.45) is 2.85. The fourth-order valence-electron chi connectivity index (χ4n) is 2.14. The van der Waals surface area contributed by atoms with Gasteiger partial charge in [-0.2, -0.15) is 4.98 Å². The number of nitro groups is 1. The molecule has 0 bridgehead atoms. The SMILES string of the molecule is COc1ccc([N+](=O)[O-])c(NC2CCCC2N)n1. The van der Waals surface area contributed by atoms with Crippen molar-refractivity contribution in [1.29, 1.82) is 0 Å². The number of aromatic nitrogens is 1. The molecule has 1 fully saturated rings. The van der Waals surface area contributed by atoms with Gasteiger partial charge in [0.05, 0.1) is 12.0 Å². The molecular weight excluding hydrogens is 236 g/mol. The highest BCUT2D eigenvalue weighted by atomic mass is 16.6. The molecule has 1 saturated carbocycles. The van der Waals surface area contributed by atoms with Gasteiger partial charge in [-0.15, -0.1) is 0 Å². The zero-order chi connectivity index (χ0) is 13.1. The third-order valence-corrected chi connectivity index (χ3v) is 3.15. The van der Waals surface area contributed by atoms with E-state index in [-0.39, 0.29) is 23.6 Å². The second-order valence-electron chi connectivity index (χ2n) is 4.32. The van der Waals surface area contributed by atoms with Crippen LogP contribution >= 0.6 is 0 Å². The van der Waals surface area contributed by atoms with Gasteiger partial charge in [0.25, 0.3) is 0 Å². The largest absolute Gasteiger partial charge is 0.481 e. The first kappa shape index (κ1) is 12.6. The maximum absolute atomic E-state index is 10.9. The minimum atomic E-state index is -0.463. The van der Waals surface area contributed by atoms with Crippen LogP contribution in [0, 0.1) is 10.1 Å². The molecule has 1 aliphatic rings. The molecule has 1 aromatic heterocycles. The molecule has 1 heterocycles. The van der Waals surface area contributed by atoms with Crippen molar-refractivity contribution in [2.24, 2.45) is 5.73 Å². The van der Waals surface area contributed by atoms with Gasteiger partial charge in [-0.3, -0.25) is 10.1 Å². The monoisotopic (exact) mass is 252 g/mol. The zero-order valence-corrected chi connectivity index (χ0v) is 10.1. The van der Waals surface area contributed by atoms with Gasteiger partial charge in [0.2, 0.25) is 11.7 Å². The van der Waals surface area contributed by atoms with Crippen LogP contribution in [-0.4, -0.2) is 29.1 Å². The van der Waals surface area contributed by atoms with Crippen LogP contribution in [0.25, 0.3) is 0 Å². The van der Waals surface area contributed by atoms with Gasteiger partial charge in [-0.25, -0.2) is 0 Å². The van der Waals surface area contributed by atoms with Crippen LogP contribution in [0.1, 0.15) is 19.3 Å². The molecule has 0 spiro atoms. The Labute approximate surface area is 104 Å². The lowest BCUT2D eigenvalue weighted by molar-refractivity contribution is -0.384. The molecule has 3 N–H and O–H groups in total. The van der Waals surface area contributed by atoms with E-state index in [9.17, 15) is 10.1 Å². The molecule has 7 heteroatoms. The van der Waals surface area contributed by atoms with E-state index in [4.69, 9.17) is 10.5 Å². The van der Waals surface area contributed by atoms with Crippen LogP contribution in [0.5, 0.6) is 5.88 Å². The Balaban J connectivity index is 2.25. The molecule has 2 rings (SSSR count). The second kappa shape index (κ2) is 5.18. The molecule has 0 saturated heterocycles. The highest BCUT2D eigenvalue weighted by molar-refractivity contribution is 5.57. The van der Waals surface area contributed by atoms with Gasteiger partial charge in [0, 0.05) is 24.2 Å². The zero-order valence-electron chi connectivity index (χ0n) is 10.1. The number of hydrogen-bond donors (Lipinski definition) is 2. The Bertz CT molecular complexity index is 452. The van der Waals surface area contributed by atoms with Crippen molar-refractivity contribution in [2.45, 2.75) is 31.3 Å². The molecule has 0 aliphatic heterocycles. The van der Waals surface area contributed by atoms with Crippen LogP contribution in [0.15, 0.2) is 12.1 Å². The topological polar surface area (TPSA) is 103 Å². The van der Waals surface area contributed by atoms with Crippen molar-refractivity contribution in [3.63, 3.8) is 0 Å². The summed E-state index contributed by atoms with van der Waals surface area (Å²) < 4.78 is 4.98. The molecule has 0 amide bonds. The van der Waals surface area contributed by atoms with Gasteiger partial charge >= 0.3 is 5.69 Å². The lowest BCUT2D eigenvalue weighted by Gasteiger charge is -2.17. The Morgan fingerprint density at radius 2 is 2.33 bits per heavy atom. The highest BCUT2D eigenvalue weighted by Gasteiger charge is 2.27.